The Morgan fingerprint density at radius 2 is 2.08 bits per heavy atom. The Kier molecular flexibility index (Phi) is 4.76. The van der Waals surface area contributed by atoms with Crippen molar-refractivity contribution in [3.8, 4) is 0 Å². The predicted octanol–water partition coefficient (Wildman–Crippen LogP) is 4.07. The summed E-state index contributed by atoms with van der Waals surface area (Å²) in [5.74, 6) is -0.311. The molecule has 0 aliphatic rings. The number of hydrogen-bond acceptors (Lipinski definition) is 4. The van der Waals surface area contributed by atoms with Crippen LogP contribution in [0.3, 0.4) is 0 Å². The highest BCUT2D eigenvalue weighted by Crippen LogP contribution is 2.23. The second-order valence-electron chi connectivity index (χ2n) is 5.73. The molecule has 1 heterocycles. The quantitative estimate of drug-likeness (QED) is 0.523. The third kappa shape index (κ3) is 3.51. The number of thiazole rings is 1. The van der Waals surface area contributed by atoms with E-state index in [2.05, 4.69) is 4.99 Å². The maximum Gasteiger partial charge on any atom is 0.279 e. The molecule has 1 amide bonds. The minimum atomic E-state index is -0.419. The minimum Gasteiger partial charge on any atom is -0.316 e. The van der Waals surface area contributed by atoms with Crippen LogP contribution < -0.4 is 4.80 Å². The number of nitro benzene ring substituents is 1. The van der Waals surface area contributed by atoms with Crippen LogP contribution in [-0.4, -0.2) is 15.4 Å². The zero-order chi connectivity index (χ0) is 18.0. The molecule has 3 rings (SSSR count). The molecule has 0 N–H and O–H groups in total. The molecule has 0 saturated heterocycles. The van der Waals surface area contributed by atoms with Crippen molar-refractivity contribution in [3.05, 3.63) is 68.5 Å². The van der Waals surface area contributed by atoms with Gasteiger partial charge in [-0.1, -0.05) is 36.0 Å². The lowest BCUT2D eigenvalue weighted by Crippen LogP contribution is -2.16. The lowest BCUT2D eigenvalue weighted by atomic mass is 10.1. The van der Waals surface area contributed by atoms with E-state index in [1.807, 2.05) is 30.5 Å². The van der Waals surface area contributed by atoms with Gasteiger partial charge in [0.25, 0.3) is 11.6 Å². The number of nitro groups is 1. The third-order valence-electron chi connectivity index (χ3n) is 3.79. The number of carbonyl (C=O) groups is 1. The Balaban J connectivity index is 2.15. The summed E-state index contributed by atoms with van der Waals surface area (Å²) in [6.45, 7) is 4.65. The fourth-order valence-corrected chi connectivity index (χ4v) is 3.72. The van der Waals surface area contributed by atoms with Crippen molar-refractivity contribution in [2.24, 2.45) is 4.99 Å². The normalized spacial score (nSPS) is 11.8. The van der Waals surface area contributed by atoms with E-state index in [9.17, 15) is 14.9 Å². The largest absolute Gasteiger partial charge is 0.316 e. The Labute approximate surface area is 148 Å². The van der Waals surface area contributed by atoms with Crippen molar-refractivity contribution < 1.29 is 9.72 Å². The van der Waals surface area contributed by atoms with E-state index in [0.29, 0.717) is 16.9 Å². The van der Waals surface area contributed by atoms with E-state index in [-0.39, 0.29) is 11.6 Å². The highest BCUT2D eigenvalue weighted by Gasteiger charge is 2.13. The van der Waals surface area contributed by atoms with E-state index in [1.165, 1.54) is 23.5 Å². The van der Waals surface area contributed by atoms with Crippen LogP contribution >= 0.6 is 11.3 Å². The van der Waals surface area contributed by atoms with Crippen LogP contribution in [0.1, 0.15) is 29.3 Å². The number of hydrogen-bond donors (Lipinski definition) is 0. The molecule has 2 aromatic carbocycles. The molecule has 0 atom stereocenters. The van der Waals surface area contributed by atoms with E-state index >= 15 is 0 Å². The highest BCUT2D eigenvalue weighted by atomic mass is 32.1. The first-order valence-corrected chi connectivity index (χ1v) is 8.74. The summed E-state index contributed by atoms with van der Waals surface area (Å²) in [5, 5.41) is 11.0. The van der Waals surface area contributed by atoms with Gasteiger partial charge in [0.2, 0.25) is 0 Å². The molecule has 6 nitrogen and oxygen atoms in total. The van der Waals surface area contributed by atoms with Crippen molar-refractivity contribution in [1.29, 1.82) is 0 Å². The van der Waals surface area contributed by atoms with Gasteiger partial charge in [0.1, 0.15) is 0 Å². The number of fused-ring (bicyclic) bond motifs is 1. The molecular formula is C18H17N3O3S. The van der Waals surface area contributed by atoms with Gasteiger partial charge in [-0.05, 0) is 31.5 Å². The van der Waals surface area contributed by atoms with Gasteiger partial charge >= 0.3 is 0 Å². The van der Waals surface area contributed by atoms with Gasteiger partial charge in [-0.15, -0.1) is 0 Å². The first-order chi connectivity index (χ1) is 12.0. The maximum absolute atomic E-state index is 12.5. The van der Waals surface area contributed by atoms with E-state index in [1.54, 1.807) is 18.2 Å². The Morgan fingerprint density at radius 3 is 2.76 bits per heavy atom. The summed E-state index contributed by atoms with van der Waals surface area (Å²) < 4.78 is 2.69. The van der Waals surface area contributed by atoms with Crippen LogP contribution in [0.15, 0.2) is 47.5 Å². The second-order valence-corrected chi connectivity index (χ2v) is 6.74. The predicted molar refractivity (Wildman–Crippen MR) is 97.8 cm³/mol. The van der Waals surface area contributed by atoms with E-state index in [4.69, 9.17) is 0 Å². The number of aryl methyl sites for hydroxylation is 2. The van der Waals surface area contributed by atoms with Gasteiger partial charge in [0, 0.05) is 24.2 Å². The number of carbonyl (C=O) groups excluding carboxylic acids is 1. The molecule has 128 valence electrons. The van der Waals surface area contributed by atoms with Gasteiger partial charge in [-0.25, -0.2) is 0 Å². The summed E-state index contributed by atoms with van der Waals surface area (Å²) in [5.41, 5.74) is 2.42. The van der Waals surface area contributed by atoms with Gasteiger partial charge in [-0.2, -0.15) is 4.99 Å². The van der Waals surface area contributed by atoms with Crippen molar-refractivity contribution >= 4 is 33.1 Å². The molecule has 1 aromatic heterocycles. The van der Waals surface area contributed by atoms with E-state index in [0.717, 1.165) is 22.2 Å². The lowest BCUT2D eigenvalue weighted by Gasteiger charge is -2.02. The second kappa shape index (κ2) is 6.98. The highest BCUT2D eigenvalue weighted by molar-refractivity contribution is 7.16. The number of amides is 1. The first kappa shape index (κ1) is 17.0. The fourth-order valence-electron chi connectivity index (χ4n) is 2.63. The first-order valence-electron chi connectivity index (χ1n) is 7.93. The Morgan fingerprint density at radius 1 is 1.28 bits per heavy atom. The average Bonchev–Trinajstić information content (AvgIpc) is 2.92. The molecule has 0 aliphatic carbocycles. The molecule has 0 unspecified atom stereocenters. The van der Waals surface area contributed by atoms with Gasteiger partial charge in [-0.3, -0.25) is 14.9 Å². The van der Waals surface area contributed by atoms with Crippen LogP contribution in [0, 0.1) is 17.0 Å². The smallest absolute Gasteiger partial charge is 0.279 e. The molecule has 7 heteroatoms. The molecule has 0 radical (unpaired) electrons. The number of aromatic nitrogens is 1. The average molecular weight is 355 g/mol. The summed E-state index contributed by atoms with van der Waals surface area (Å²) in [7, 11) is 0. The van der Waals surface area contributed by atoms with Crippen molar-refractivity contribution in [2.45, 2.75) is 26.8 Å². The van der Waals surface area contributed by atoms with Gasteiger partial charge < -0.3 is 4.57 Å². The third-order valence-corrected chi connectivity index (χ3v) is 4.83. The number of benzene rings is 2. The van der Waals surface area contributed by atoms with Crippen molar-refractivity contribution in [3.63, 3.8) is 0 Å². The molecule has 0 bridgehead atoms. The Bertz CT molecular complexity index is 1030. The Hall–Kier alpha value is -2.80. The standard InChI is InChI=1S/C18H17N3O3S/c1-3-9-20-15-8-7-14(21(23)24)11-16(15)25-18(20)19-17(22)13-6-4-5-12(2)10-13/h4-8,10-11H,3,9H2,1-2H3. The van der Waals surface area contributed by atoms with Crippen molar-refractivity contribution in [1.82, 2.24) is 4.57 Å². The maximum atomic E-state index is 12.5. The molecule has 0 saturated carbocycles. The molecule has 0 aliphatic heterocycles. The van der Waals surface area contributed by atoms with E-state index < -0.39 is 4.92 Å². The molecule has 0 fully saturated rings. The van der Waals surface area contributed by atoms with Crippen molar-refractivity contribution in [2.75, 3.05) is 0 Å². The summed E-state index contributed by atoms with van der Waals surface area (Å²) in [6, 6.07) is 12.0. The number of rotatable bonds is 4. The van der Waals surface area contributed by atoms with Crippen LogP contribution in [0.4, 0.5) is 5.69 Å². The van der Waals surface area contributed by atoms with Gasteiger partial charge in [0.05, 0.1) is 15.1 Å². The zero-order valence-corrected chi connectivity index (χ0v) is 14.7. The topological polar surface area (TPSA) is 77.5 Å². The molecule has 25 heavy (non-hydrogen) atoms. The minimum absolute atomic E-state index is 0.0361. The van der Waals surface area contributed by atoms with Crippen LogP contribution in [0.5, 0.6) is 0 Å². The molecular weight excluding hydrogens is 338 g/mol. The van der Waals surface area contributed by atoms with Gasteiger partial charge in [0.15, 0.2) is 4.80 Å². The number of nitrogens with zero attached hydrogens (tertiary/aromatic N) is 3. The SMILES string of the molecule is CCCn1c(=NC(=O)c2cccc(C)c2)sc2cc([N+](=O)[O-])ccc21. The lowest BCUT2D eigenvalue weighted by molar-refractivity contribution is -0.384. The van der Waals surface area contributed by atoms with Crippen LogP contribution in [0.25, 0.3) is 10.2 Å². The van der Waals surface area contributed by atoms with Crippen LogP contribution in [-0.2, 0) is 6.54 Å². The summed E-state index contributed by atoms with van der Waals surface area (Å²) >= 11 is 1.29. The summed E-state index contributed by atoms with van der Waals surface area (Å²) in [6.07, 6.45) is 0.870. The number of non-ortho nitro benzene ring substituents is 1. The summed E-state index contributed by atoms with van der Waals surface area (Å²) in [4.78, 5) is 27.9. The fraction of sp³-hybridized carbons (Fsp3) is 0.222. The molecule has 0 spiro atoms. The molecule has 3 aromatic rings. The monoisotopic (exact) mass is 355 g/mol. The van der Waals surface area contributed by atoms with Crippen LogP contribution in [0.2, 0.25) is 0 Å². The zero-order valence-electron chi connectivity index (χ0n) is 13.9.